The highest BCUT2D eigenvalue weighted by molar-refractivity contribution is 7.99. The Morgan fingerprint density at radius 1 is 1.41 bits per heavy atom. The first-order valence-electron chi connectivity index (χ1n) is 8.28. The molecule has 0 saturated heterocycles. The molecule has 0 aliphatic heterocycles. The molecule has 0 fully saturated rings. The topological polar surface area (TPSA) is 119 Å². The average molecular weight is 452 g/mol. The van der Waals surface area contributed by atoms with Crippen LogP contribution in [-0.4, -0.2) is 39.4 Å². The van der Waals surface area contributed by atoms with Crippen molar-refractivity contribution in [2.75, 3.05) is 29.4 Å². The molecule has 0 atom stereocenters. The molecule has 9 nitrogen and oxygen atoms in total. The van der Waals surface area contributed by atoms with Crippen molar-refractivity contribution in [2.45, 2.75) is 12.1 Å². The van der Waals surface area contributed by atoms with Gasteiger partial charge in [-0.1, -0.05) is 29.4 Å². The van der Waals surface area contributed by atoms with Gasteiger partial charge in [-0.05, 0) is 36.6 Å². The van der Waals surface area contributed by atoms with E-state index < -0.39 is 0 Å². The monoisotopic (exact) mass is 451 g/mol. The van der Waals surface area contributed by atoms with E-state index in [0.717, 1.165) is 22.4 Å². The van der Waals surface area contributed by atoms with Gasteiger partial charge in [0.15, 0.2) is 0 Å². The lowest BCUT2D eigenvalue weighted by Gasteiger charge is -2.10. The van der Waals surface area contributed by atoms with Gasteiger partial charge in [0.2, 0.25) is 11.1 Å². The van der Waals surface area contributed by atoms with E-state index in [9.17, 15) is 4.79 Å². The fourth-order valence-electron chi connectivity index (χ4n) is 2.22. The van der Waals surface area contributed by atoms with Gasteiger partial charge < -0.3 is 15.9 Å². The molecule has 0 aliphatic carbocycles. The van der Waals surface area contributed by atoms with Gasteiger partial charge in [0.05, 0.1) is 24.3 Å². The number of nitrogens with zero attached hydrogens (tertiary/aromatic N) is 4. The number of nitrogens with one attached hydrogen (secondary N) is 2. The third-order valence-electron chi connectivity index (χ3n) is 3.63. The zero-order valence-corrected chi connectivity index (χ0v) is 17.9. The zero-order valence-electron chi connectivity index (χ0n) is 15.5. The molecular formula is C17H18ClN7O2S2. The van der Waals surface area contributed by atoms with Crippen LogP contribution < -0.4 is 21.3 Å². The molecule has 0 unspecified atom stereocenters. The zero-order chi connectivity index (χ0) is 20.8. The number of rotatable bonds is 8. The maximum absolute atomic E-state index is 12.3. The summed E-state index contributed by atoms with van der Waals surface area (Å²) in [5, 5.41) is 17.8. The van der Waals surface area contributed by atoms with Gasteiger partial charge in [-0.3, -0.25) is 4.79 Å². The summed E-state index contributed by atoms with van der Waals surface area (Å²) in [6.07, 6.45) is 0. The second kappa shape index (κ2) is 9.63. The normalized spacial score (nSPS) is 11.3. The van der Waals surface area contributed by atoms with Crippen molar-refractivity contribution in [3.8, 4) is 5.75 Å². The van der Waals surface area contributed by atoms with Crippen LogP contribution >= 0.6 is 34.7 Å². The molecule has 1 aromatic carbocycles. The number of benzene rings is 1. The highest BCUT2D eigenvalue weighted by Gasteiger charge is 2.14. The molecule has 0 spiro atoms. The number of ether oxygens (including phenoxy) is 1. The Morgan fingerprint density at radius 3 is 2.97 bits per heavy atom. The van der Waals surface area contributed by atoms with Crippen molar-refractivity contribution >= 4 is 58.0 Å². The number of methoxy groups -OCH3 is 1. The highest BCUT2D eigenvalue weighted by Crippen LogP contribution is 2.28. The van der Waals surface area contributed by atoms with Crippen LogP contribution in [0.25, 0.3) is 0 Å². The summed E-state index contributed by atoms with van der Waals surface area (Å²) in [5.41, 5.74) is 4.07. The molecule has 0 radical (unpaired) electrons. The van der Waals surface area contributed by atoms with Crippen LogP contribution in [0.15, 0.2) is 46.0 Å². The lowest BCUT2D eigenvalue weighted by atomic mass is 10.3. The van der Waals surface area contributed by atoms with Gasteiger partial charge in [0.1, 0.15) is 5.75 Å². The maximum atomic E-state index is 12.3. The predicted molar refractivity (Wildman–Crippen MR) is 118 cm³/mol. The second-order valence-electron chi connectivity index (χ2n) is 5.64. The molecule has 3 aromatic rings. The second-order valence-corrected chi connectivity index (χ2v) is 7.97. The minimum atomic E-state index is -0.264. The molecule has 0 saturated carbocycles. The van der Waals surface area contributed by atoms with Crippen LogP contribution in [-0.2, 0) is 4.79 Å². The van der Waals surface area contributed by atoms with Crippen LogP contribution in [0, 0.1) is 0 Å². The molecule has 2 aromatic heterocycles. The number of hydrazone groups is 1. The quantitative estimate of drug-likeness (QED) is 0.208. The fraction of sp³-hybridized carbons (Fsp3) is 0.176. The molecule has 4 N–H and O–H groups in total. The largest absolute Gasteiger partial charge is 0.495 e. The van der Waals surface area contributed by atoms with Crippen LogP contribution in [0.2, 0.25) is 5.02 Å². The standard InChI is InChI=1S/C17H18ClN7O2S2/c1-10(14-4-3-7-28-14)21-22-16-23-24-17(25(16)19)29-9-15(26)20-12-8-11(18)5-6-13(12)27-2/h3-8H,9,19H2,1-2H3,(H,20,26)(H,22,23)/b21-10+. The molecule has 0 bridgehead atoms. The van der Waals surface area contributed by atoms with Crippen molar-refractivity contribution in [3.63, 3.8) is 0 Å². The molecule has 2 heterocycles. The van der Waals surface area contributed by atoms with Crippen LogP contribution in [0.1, 0.15) is 11.8 Å². The van der Waals surface area contributed by atoms with E-state index in [4.69, 9.17) is 22.2 Å². The number of aromatic nitrogens is 3. The number of nitrogen functional groups attached to an aromatic ring is 1. The lowest BCUT2D eigenvalue weighted by molar-refractivity contribution is -0.113. The van der Waals surface area contributed by atoms with Gasteiger partial charge in [-0.2, -0.15) is 5.10 Å². The van der Waals surface area contributed by atoms with E-state index >= 15 is 0 Å². The number of carbonyl (C=O) groups excluding carboxylic acids is 1. The number of hydrogen-bond acceptors (Lipinski definition) is 9. The van der Waals surface area contributed by atoms with Crippen LogP contribution in [0.5, 0.6) is 5.75 Å². The Morgan fingerprint density at radius 2 is 2.24 bits per heavy atom. The predicted octanol–water partition coefficient (Wildman–Crippen LogP) is 3.28. The van der Waals surface area contributed by atoms with Crippen molar-refractivity contribution in [1.29, 1.82) is 0 Å². The Bertz CT molecular complexity index is 1020. The van der Waals surface area contributed by atoms with E-state index in [0.29, 0.717) is 21.6 Å². The molecule has 152 valence electrons. The highest BCUT2D eigenvalue weighted by atomic mass is 35.5. The summed E-state index contributed by atoms with van der Waals surface area (Å²) in [6.45, 7) is 1.88. The number of hydrogen-bond donors (Lipinski definition) is 3. The maximum Gasteiger partial charge on any atom is 0.264 e. The van der Waals surface area contributed by atoms with Crippen molar-refractivity contribution in [2.24, 2.45) is 5.10 Å². The molecule has 3 rings (SSSR count). The lowest BCUT2D eigenvalue weighted by Crippen LogP contribution is -2.17. The Labute approximate surface area is 180 Å². The third-order valence-corrected chi connectivity index (χ3v) is 5.79. The fourth-order valence-corrected chi connectivity index (χ4v) is 3.73. The molecule has 29 heavy (non-hydrogen) atoms. The van der Waals surface area contributed by atoms with Crippen molar-refractivity contribution in [3.05, 3.63) is 45.6 Å². The van der Waals surface area contributed by atoms with E-state index in [-0.39, 0.29) is 17.6 Å². The van der Waals surface area contributed by atoms with Gasteiger partial charge in [-0.15, -0.1) is 21.5 Å². The summed E-state index contributed by atoms with van der Waals surface area (Å²) in [5.74, 6) is 6.57. The number of carbonyl (C=O) groups is 1. The first-order chi connectivity index (χ1) is 14.0. The molecular weight excluding hydrogens is 434 g/mol. The SMILES string of the molecule is COc1ccc(Cl)cc1NC(=O)CSc1nnc(N/N=C(\C)c2cccs2)n1N. The molecule has 1 amide bonds. The smallest absolute Gasteiger partial charge is 0.264 e. The van der Waals surface area contributed by atoms with E-state index in [2.05, 4.69) is 26.0 Å². The van der Waals surface area contributed by atoms with E-state index in [1.807, 2.05) is 24.4 Å². The summed E-state index contributed by atoms with van der Waals surface area (Å²) in [7, 11) is 1.52. The van der Waals surface area contributed by atoms with Crippen molar-refractivity contribution < 1.29 is 9.53 Å². The average Bonchev–Trinajstić information content (AvgIpc) is 3.35. The number of amides is 1. The first kappa shape index (κ1) is 21.0. The molecule has 12 heteroatoms. The number of anilines is 2. The summed E-state index contributed by atoms with van der Waals surface area (Å²) < 4.78 is 6.45. The minimum Gasteiger partial charge on any atom is -0.495 e. The van der Waals surface area contributed by atoms with Crippen molar-refractivity contribution in [1.82, 2.24) is 14.9 Å². The summed E-state index contributed by atoms with van der Waals surface area (Å²) >= 11 is 8.69. The first-order valence-corrected chi connectivity index (χ1v) is 10.5. The Balaban J connectivity index is 1.58. The van der Waals surface area contributed by atoms with Gasteiger partial charge in [-0.25, -0.2) is 10.1 Å². The Hall–Kier alpha value is -2.76. The van der Waals surface area contributed by atoms with Gasteiger partial charge in [0, 0.05) is 9.90 Å². The van der Waals surface area contributed by atoms with Gasteiger partial charge >= 0.3 is 0 Å². The number of nitrogens with two attached hydrogens (primary N) is 1. The summed E-state index contributed by atoms with van der Waals surface area (Å²) in [4.78, 5) is 13.3. The third kappa shape index (κ3) is 5.40. The van der Waals surface area contributed by atoms with Crippen LogP contribution in [0.3, 0.4) is 0 Å². The minimum absolute atomic E-state index is 0.0719. The van der Waals surface area contributed by atoms with Gasteiger partial charge in [0.25, 0.3) is 5.95 Å². The van der Waals surface area contributed by atoms with Crippen LogP contribution in [0.4, 0.5) is 11.6 Å². The number of thioether (sulfide) groups is 1. The Kier molecular flexibility index (Phi) is 6.96. The van der Waals surface area contributed by atoms with E-state index in [1.165, 1.54) is 11.8 Å². The van der Waals surface area contributed by atoms with E-state index in [1.54, 1.807) is 29.5 Å². The summed E-state index contributed by atoms with van der Waals surface area (Å²) in [6, 6.07) is 8.89. The molecule has 0 aliphatic rings. The number of thiophene rings is 1. The number of halogens is 1.